The van der Waals surface area contributed by atoms with Gasteiger partial charge in [0, 0.05) is 41.2 Å². The zero-order chi connectivity index (χ0) is 37.8. The Kier molecular flexibility index (Phi) is 12.2. The number of rotatable bonds is 14. The second-order valence-electron chi connectivity index (χ2n) is 14.4. The Hall–Kier alpha value is -3.93. The van der Waals surface area contributed by atoms with Gasteiger partial charge in [0.15, 0.2) is 0 Å². The number of aliphatic carboxylic acids is 1. The Balaban J connectivity index is 1.27. The number of ether oxygens (including phenoxy) is 2. The average Bonchev–Trinajstić information content (AvgIpc) is 3.10. The minimum absolute atomic E-state index is 0.0242. The number of carboxylic acid groups (broad SMARTS) is 1. The molecule has 280 valence electrons. The Labute approximate surface area is 321 Å². The molecule has 12 heteroatoms. The highest BCUT2D eigenvalue weighted by Crippen LogP contribution is 2.53. The lowest BCUT2D eigenvalue weighted by molar-refractivity contribution is -0.184. The Morgan fingerprint density at radius 3 is 2.26 bits per heavy atom. The zero-order valence-corrected chi connectivity index (χ0v) is 32.0. The molecule has 2 N–H and O–H groups in total. The van der Waals surface area contributed by atoms with Crippen LogP contribution in [0, 0.1) is 11.8 Å². The summed E-state index contributed by atoms with van der Waals surface area (Å²) < 4.78 is 41.9. The standard InChI is InChI=1S/C41H44Cl2N2O7S/c1-41(2)35-24-34(40(48)45(19-17-38(46)47)25-30-11-7-13-32(43)21-30)37(23-29-10-6-12-31(42)20-29)51-39(35)33-22-27(14-15-36(33)52-41)16-18-44-53(49,50)26-28-8-4-3-5-9-28/h3-15,20-22,34-35,37,39,44H,16-19,23-26H2,1-2H3,(H,46,47)/t34-,35+,37+,39-/m0/s1. The molecule has 0 aromatic heterocycles. The van der Waals surface area contributed by atoms with Gasteiger partial charge in [0.1, 0.15) is 11.4 Å². The van der Waals surface area contributed by atoms with Crippen molar-refractivity contribution in [2.24, 2.45) is 11.8 Å². The molecule has 2 aliphatic heterocycles. The molecule has 0 radical (unpaired) electrons. The first-order valence-electron chi connectivity index (χ1n) is 17.7. The van der Waals surface area contributed by atoms with Crippen molar-refractivity contribution in [2.45, 2.75) is 69.6 Å². The van der Waals surface area contributed by atoms with E-state index >= 15 is 0 Å². The fourth-order valence-electron chi connectivity index (χ4n) is 7.42. The highest BCUT2D eigenvalue weighted by Gasteiger charge is 2.52. The molecule has 0 unspecified atom stereocenters. The average molecular weight is 780 g/mol. The summed E-state index contributed by atoms with van der Waals surface area (Å²) in [4.78, 5) is 28.0. The number of amides is 1. The summed E-state index contributed by atoms with van der Waals surface area (Å²) in [6.07, 6.45) is 0.101. The van der Waals surface area contributed by atoms with Gasteiger partial charge in [0.05, 0.1) is 30.3 Å². The monoisotopic (exact) mass is 778 g/mol. The van der Waals surface area contributed by atoms with E-state index in [1.54, 1.807) is 41.3 Å². The van der Waals surface area contributed by atoms with Crippen molar-refractivity contribution in [3.05, 3.63) is 135 Å². The third-order valence-electron chi connectivity index (χ3n) is 10.0. The molecule has 0 saturated carbocycles. The molecule has 1 saturated heterocycles. The molecule has 2 aliphatic rings. The number of carbonyl (C=O) groups excluding carboxylic acids is 1. The number of halogens is 2. The van der Waals surface area contributed by atoms with E-state index in [0.29, 0.717) is 40.6 Å². The van der Waals surface area contributed by atoms with Crippen LogP contribution in [0.1, 0.15) is 60.6 Å². The van der Waals surface area contributed by atoms with Crippen LogP contribution in [0.4, 0.5) is 0 Å². The summed E-state index contributed by atoms with van der Waals surface area (Å²) in [6, 6.07) is 29.6. The number of nitrogens with zero attached hydrogens (tertiary/aromatic N) is 1. The molecule has 2 heterocycles. The van der Waals surface area contributed by atoms with Crippen molar-refractivity contribution in [3.8, 4) is 5.75 Å². The maximum atomic E-state index is 14.7. The van der Waals surface area contributed by atoms with Crippen molar-refractivity contribution < 1.29 is 32.6 Å². The largest absolute Gasteiger partial charge is 0.487 e. The van der Waals surface area contributed by atoms with Gasteiger partial charge in [-0.3, -0.25) is 9.59 Å². The van der Waals surface area contributed by atoms with Crippen LogP contribution in [0.15, 0.2) is 97.1 Å². The lowest BCUT2D eigenvalue weighted by Gasteiger charge is -2.51. The van der Waals surface area contributed by atoms with E-state index in [9.17, 15) is 23.1 Å². The minimum Gasteiger partial charge on any atom is -0.487 e. The van der Waals surface area contributed by atoms with Gasteiger partial charge in [-0.2, -0.15) is 0 Å². The number of benzene rings is 4. The van der Waals surface area contributed by atoms with E-state index in [0.717, 1.165) is 22.3 Å². The predicted molar refractivity (Wildman–Crippen MR) is 205 cm³/mol. The summed E-state index contributed by atoms with van der Waals surface area (Å²) in [5.41, 5.74) is 3.49. The van der Waals surface area contributed by atoms with Crippen LogP contribution in [0.3, 0.4) is 0 Å². The highest BCUT2D eigenvalue weighted by atomic mass is 35.5. The summed E-state index contributed by atoms with van der Waals surface area (Å²) >= 11 is 12.7. The molecule has 4 atom stereocenters. The molecule has 4 aromatic rings. The number of fused-ring (bicyclic) bond motifs is 3. The second kappa shape index (κ2) is 16.6. The van der Waals surface area contributed by atoms with E-state index in [2.05, 4.69) is 4.72 Å². The molecule has 4 aromatic carbocycles. The smallest absolute Gasteiger partial charge is 0.305 e. The van der Waals surface area contributed by atoms with E-state index < -0.39 is 39.7 Å². The van der Waals surface area contributed by atoms with Crippen molar-refractivity contribution in [2.75, 3.05) is 13.1 Å². The number of carboxylic acids is 1. The maximum Gasteiger partial charge on any atom is 0.305 e. The number of hydrogen-bond acceptors (Lipinski definition) is 6. The lowest BCUT2D eigenvalue weighted by atomic mass is 9.70. The molecule has 9 nitrogen and oxygen atoms in total. The molecule has 1 amide bonds. The Morgan fingerprint density at radius 1 is 0.887 bits per heavy atom. The molecule has 0 bridgehead atoms. The van der Waals surface area contributed by atoms with Crippen LogP contribution in [0.2, 0.25) is 10.0 Å². The first kappa shape index (κ1) is 38.8. The van der Waals surface area contributed by atoms with Crippen molar-refractivity contribution >= 4 is 45.1 Å². The maximum absolute atomic E-state index is 14.7. The van der Waals surface area contributed by atoms with Gasteiger partial charge in [0.2, 0.25) is 15.9 Å². The van der Waals surface area contributed by atoms with Crippen LogP contribution in [0.5, 0.6) is 5.75 Å². The molecule has 53 heavy (non-hydrogen) atoms. The van der Waals surface area contributed by atoms with Crippen molar-refractivity contribution in [1.82, 2.24) is 9.62 Å². The number of hydrogen-bond donors (Lipinski definition) is 2. The van der Waals surface area contributed by atoms with Gasteiger partial charge in [-0.15, -0.1) is 0 Å². The van der Waals surface area contributed by atoms with Crippen molar-refractivity contribution in [3.63, 3.8) is 0 Å². The van der Waals surface area contributed by atoms with Gasteiger partial charge in [-0.25, -0.2) is 13.1 Å². The normalized spacial score (nSPS) is 20.5. The first-order chi connectivity index (χ1) is 25.3. The Bertz CT molecular complexity index is 2040. The second-order valence-corrected chi connectivity index (χ2v) is 17.1. The molecule has 0 spiro atoms. The van der Waals surface area contributed by atoms with E-state index in [1.165, 1.54) is 0 Å². The van der Waals surface area contributed by atoms with Gasteiger partial charge >= 0.3 is 5.97 Å². The molecular weight excluding hydrogens is 735 g/mol. The van der Waals surface area contributed by atoms with Gasteiger partial charge in [0.25, 0.3) is 0 Å². The van der Waals surface area contributed by atoms with E-state index in [-0.39, 0.29) is 43.6 Å². The number of nitrogens with one attached hydrogen (secondary N) is 1. The first-order valence-corrected chi connectivity index (χ1v) is 20.2. The van der Waals surface area contributed by atoms with E-state index in [1.807, 2.05) is 74.5 Å². The topological polar surface area (TPSA) is 122 Å². The third kappa shape index (κ3) is 9.99. The molecule has 0 aliphatic carbocycles. The quantitative estimate of drug-likeness (QED) is 0.135. The summed E-state index contributed by atoms with van der Waals surface area (Å²) in [5.74, 6) is -1.46. The predicted octanol–water partition coefficient (Wildman–Crippen LogP) is 7.64. The zero-order valence-electron chi connectivity index (χ0n) is 29.7. The summed E-state index contributed by atoms with van der Waals surface area (Å²) in [7, 11) is -3.53. The van der Waals surface area contributed by atoms with Crippen LogP contribution in [-0.2, 0) is 49.5 Å². The lowest BCUT2D eigenvalue weighted by Crippen LogP contribution is -2.54. The highest BCUT2D eigenvalue weighted by molar-refractivity contribution is 7.88. The fourth-order valence-corrected chi connectivity index (χ4v) is 9.00. The van der Waals surface area contributed by atoms with E-state index in [4.69, 9.17) is 32.7 Å². The number of sulfonamides is 1. The molecule has 6 rings (SSSR count). The third-order valence-corrected chi connectivity index (χ3v) is 11.9. The van der Waals surface area contributed by atoms with Crippen LogP contribution < -0.4 is 9.46 Å². The van der Waals surface area contributed by atoms with Crippen LogP contribution in [-0.4, -0.2) is 55.1 Å². The van der Waals surface area contributed by atoms with Gasteiger partial charge in [-0.1, -0.05) is 83.9 Å². The van der Waals surface area contributed by atoms with Crippen LogP contribution in [0.25, 0.3) is 0 Å². The summed E-state index contributed by atoms with van der Waals surface area (Å²) in [6.45, 7) is 4.44. The minimum atomic E-state index is -3.53. The number of carbonyl (C=O) groups is 2. The summed E-state index contributed by atoms with van der Waals surface area (Å²) in [5, 5.41) is 10.7. The molecule has 1 fully saturated rings. The fraction of sp³-hybridized carbons (Fsp3) is 0.366. The van der Waals surface area contributed by atoms with Gasteiger partial charge < -0.3 is 19.5 Å². The Morgan fingerprint density at radius 2 is 1.57 bits per heavy atom. The molecular formula is C41H44Cl2N2O7S. The van der Waals surface area contributed by atoms with Gasteiger partial charge in [-0.05, 0) is 91.8 Å². The van der Waals surface area contributed by atoms with Crippen LogP contribution >= 0.6 is 23.2 Å². The SMILES string of the molecule is CC1(C)Oc2ccc(CCNS(=O)(=O)Cc3ccccc3)cc2[C@@H]2O[C@H](Cc3cccc(Cl)c3)[C@@H](C(=O)N(CCC(=O)O)Cc3cccc(Cl)c3)C[C@H]21. The van der Waals surface area contributed by atoms with Crippen molar-refractivity contribution in [1.29, 1.82) is 0 Å².